The largest absolute Gasteiger partial charge is 0.491 e. The molecule has 0 N–H and O–H groups in total. The van der Waals surface area contributed by atoms with Gasteiger partial charge in [0, 0.05) is 13.1 Å². The molecular weight excluding hydrogens is 438 g/mol. The zero-order chi connectivity index (χ0) is 25.4. The fourth-order valence-electron chi connectivity index (χ4n) is 4.22. The van der Waals surface area contributed by atoms with E-state index in [0.717, 1.165) is 23.5 Å². The van der Waals surface area contributed by atoms with E-state index in [2.05, 4.69) is 26.0 Å². The molecule has 0 aliphatic carbocycles. The van der Waals surface area contributed by atoms with Gasteiger partial charge in [-0.2, -0.15) is 0 Å². The van der Waals surface area contributed by atoms with Crippen LogP contribution < -0.4 is 9.47 Å². The smallest absolute Gasteiger partial charge is 0.289 e. The minimum Gasteiger partial charge on any atom is -0.491 e. The van der Waals surface area contributed by atoms with Crippen LogP contribution in [0.2, 0.25) is 0 Å². The van der Waals surface area contributed by atoms with Gasteiger partial charge in [-0.1, -0.05) is 38.1 Å². The zero-order valence-electron chi connectivity index (χ0n) is 21.9. The molecule has 1 heterocycles. The van der Waals surface area contributed by atoms with Crippen LogP contribution in [-0.4, -0.2) is 29.6 Å². The quantitative estimate of drug-likeness (QED) is 0.274. The van der Waals surface area contributed by atoms with Gasteiger partial charge in [0.25, 0.3) is 5.91 Å². The van der Waals surface area contributed by atoms with Crippen molar-refractivity contribution >= 4 is 5.91 Å². The van der Waals surface area contributed by atoms with E-state index in [4.69, 9.17) is 13.9 Å². The molecule has 3 aromatic rings. The lowest BCUT2D eigenvalue weighted by Crippen LogP contribution is -2.32. The van der Waals surface area contributed by atoms with Gasteiger partial charge in [0.2, 0.25) is 0 Å². The Labute approximate surface area is 210 Å². The Morgan fingerprint density at radius 2 is 1.40 bits per heavy atom. The maximum absolute atomic E-state index is 13.3. The minimum absolute atomic E-state index is 0.0966. The van der Waals surface area contributed by atoms with Crippen molar-refractivity contribution in [2.24, 2.45) is 5.92 Å². The maximum Gasteiger partial charge on any atom is 0.289 e. The molecule has 0 fully saturated rings. The van der Waals surface area contributed by atoms with Crippen molar-refractivity contribution in [1.82, 2.24) is 4.90 Å². The first-order chi connectivity index (χ1) is 16.7. The highest BCUT2D eigenvalue weighted by Crippen LogP contribution is 2.30. The highest BCUT2D eigenvalue weighted by molar-refractivity contribution is 5.91. The molecule has 35 heavy (non-hydrogen) atoms. The normalized spacial score (nSPS) is 12.3. The second-order valence-electron chi connectivity index (χ2n) is 9.89. The fourth-order valence-corrected chi connectivity index (χ4v) is 4.22. The average Bonchev–Trinajstić information content (AvgIpc) is 3.34. The van der Waals surface area contributed by atoms with Gasteiger partial charge in [0.15, 0.2) is 5.76 Å². The van der Waals surface area contributed by atoms with Crippen molar-refractivity contribution in [3.05, 3.63) is 83.8 Å². The molecule has 0 aliphatic rings. The van der Waals surface area contributed by atoms with Gasteiger partial charge in [-0.25, -0.2) is 0 Å². The van der Waals surface area contributed by atoms with E-state index < -0.39 is 0 Å². The first kappa shape index (κ1) is 26.4. The summed E-state index contributed by atoms with van der Waals surface area (Å²) in [5.41, 5.74) is 2.31. The summed E-state index contributed by atoms with van der Waals surface area (Å²) < 4.78 is 17.0. The highest BCUT2D eigenvalue weighted by atomic mass is 16.5. The van der Waals surface area contributed by atoms with E-state index in [0.29, 0.717) is 30.7 Å². The summed E-state index contributed by atoms with van der Waals surface area (Å²) in [7, 11) is 0. The summed E-state index contributed by atoms with van der Waals surface area (Å²) in [6, 6.07) is 19.8. The van der Waals surface area contributed by atoms with Crippen molar-refractivity contribution in [3.8, 4) is 11.5 Å². The van der Waals surface area contributed by atoms with Crippen LogP contribution in [0.1, 0.15) is 75.6 Å². The van der Waals surface area contributed by atoms with Gasteiger partial charge < -0.3 is 18.8 Å². The first-order valence-corrected chi connectivity index (χ1v) is 12.6. The van der Waals surface area contributed by atoms with Gasteiger partial charge in [0.1, 0.15) is 11.5 Å². The summed E-state index contributed by atoms with van der Waals surface area (Å²) in [5.74, 6) is 2.72. The Kier molecular flexibility index (Phi) is 9.41. The Morgan fingerprint density at radius 1 is 0.829 bits per heavy atom. The lowest BCUT2D eigenvalue weighted by Gasteiger charge is -2.27. The predicted octanol–water partition coefficient (Wildman–Crippen LogP) is 7.33. The van der Waals surface area contributed by atoms with Crippen molar-refractivity contribution in [2.75, 3.05) is 6.54 Å². The topological polar surface area (TPSA) is 51.9 Å². The molecule has 5 heteroatoms. The van der Waals surface area contributed by atoms with E-state index in [1.807, 2.05) is 69.0 Å². The molecule has 0 aliphatic heterocycles. The monoisotopic (exact) mass is 477 g/mol. The summed E-state index contributed by atoms with van der Waals surface area (Å²) >= 11 is 0. The Hall–Kier alpha value is -3.21. The molecule has 1 aromatic heterocycles. The van der Waals surface area contributed by atoms with Crippen molar-refractivity contribution < 1.29 is 18.7 Å². The fraction of sp³-hybridized carbons (Fsp3) is 0.433. The average molecular weight is 478 g/mol. The highest BCUT2D eigenvalue weighted by Gasteiger charge is 2.23. The van der Waals surface area contributed by atoms with E-state index >= 15 is 0 Å². The van der Waals surface area contributed by atoms with Crippen LogP contribution in [0.5, 0.6) is 11.5 Å². The third-order valence-corrected chi connectivity index (χ3v) is 5.88. The van der Waals surface area contributed by atoms with Crippen molar-refractivity contribution in [2.45, 2.75) is 72.6 Å². The van der Waals surface area contributed by atoms with E-state index in [9.17, 15) is 4.79 Å². The Bertz CT molecular complexity index is 1020. The van der Waals surface area contributed by atoms with Gasteiger partial charge >= 0.3 is 0 Å². The van der Waals surface area contributed by atoms with Crippen LogP contribution in [0.25, 0.3) is 0 Å². The molecule has 0 saturated carbocycles. The Morgan fingerprint density at radius 3 is 1.89 bits per heavy atom. The number of amides is 1. The molecule has 1 amide bonds. The second-order valence-corrected chi connectivity index (χ2v) is 9.89. The molecule has 0 bridgehead atoms. The van der Waals surface area contributed by atoms with E-state index in [1.54, 1.807) is 18.4 Å². The number of benzene rings is 2. The lowest BCUT2D eigenvalue weighted by atomic mass is 9.85. The van der Waals surface area contributed by atoms with Crippen molar-refractivity contribution in [1.29, 1.82) is 0 Å². The number of carbonyl (C=O) groups excluding carboxylic acids is 1. The molecule has 0 unspecified atom stereocenters. The lowest BCUT2D eigenvalue weighted by molar-refractivity contribution is 0.0702. The third-order valence-electron chi connectivity index (χ3n) is 5.88. The van der Waals surface area contributed by atoms with Crippen LogP contribution in [0, 0.1) is 5.92 Å². The van der Waals surface area contributed by atoms with Crippen LogP contribution in [-0.2, 0) is 6.54 Å². The zero-order valence-corrected chi connectivity index (χ0v) is 21.9. The number of carbonyl (C=O) groups is 1. The molecule has 0 saturated heterocycles. The molecular formula is C30H39NO4. The number of ether oxygens (including phenoxy) is 2. The van der Waals surface area contributed by atoms with Crippen LogP contribution in [0.15, 0.2) is 71.3 Å². The number of nitrogens with zero attached hydrogens (tertiary/aromatic N) is 1. The van der Waals surface area contributed by atoms with Gasteiger partial charge in [-0.05, 0) is 93.5 Å². The van der Waals surface area contributed by atoms with Crippen molar-refractivity contribution in [3.63, 3.8) is 0 Å². The summed E-state index contributed by atoms with van der Waals surface area (Å²) in [5, 5.41) is 0. The van der Waals surface area contributed by atoms with Gasteiger partial charge in [-0.3, -0.25) is 4.79 Å². The number of furan rings is 1. The van der Waals surface area contributed by atoms with E-state index in [1.165, 1.54) is 5.56 Å². The number of hydrogen-bond acceptors (Lipinski definition) is 4. The SMILES string of the molecule is CC(C)Oc1ccc(CN(CC[C@H](c2ccc(OC(C)C)cc2)C(C)C)C(=O)c2ccco2)cc1. The van der Waals surface area contributed by atoms with Crippen LogP contribution in [0.3, 0.4) is 0 Å². The predicted molar refractivity (Wildman–Crippen MR) is 140 cm³/mol. The standard InChI is InChI=1S/C30H39NO4/c1-21(2)28(25-11-15-27(16-12-25)35-23(5)6)17-18-31(30(32)29-8-7-19-33-29)20-24-9-13-26(14-10-24)34-22(3)4/h7-16,19,21-23,28H,17-18,20H2,1-6H3/t28-/m0/s1. The summed E-state index contributed by atoms with van der Waals surface area (Å²) in [6.45, 7) is 13.7. The molecule has 2 aromatic carbocycles. The Balaban J connectivity index is 1.75. The molecule has 188 valence electrons. The molecule has 1 atom stereocenters. The first-order valence-electron chi connectivity index (χ1n) is 12.6. The maximum atomic E-state index is 13.3. The number of hydrogen-bond donors (Lipinski definition) is 0. The molecule has 3 rings (SSSR count). The minimum atomic E-state index is -0.0966. The molecule has 0 radical (unpaired) electrons. The summed E-state index contributed by atoms with van der Waals surface area (Å²) in [4.78, 5) is 15.2. The van der Waals surface area contributed by atoms with E-state index in [-0.39, 0.29) is 18.1 Å². The van der Waals surface area contributed by atoms with Crippen LogP contribution in [0.4, 0.5) is 0 Å². The third kappa shape index (κ3) is 7.91. The summed E-state index contributed by atoms with van der Waals surface area (Å²) in [6.07, 6.45) is 2.66. The van der Waals surface area contributed by atoms with Gasteiger partial charge in [0.05, 0.1) is 18.5 Å². The molecule has 0 spiro atoms. The number of rotatable bonds is 12. The second kappa shape index (κ2) is 12.5. The van der Waals surface area contributed by atoms with Crippen LogP contribution >= 0.6 is 0 Å². The van der Waals surface area contributed by atoms with Gasteiger partial charge in [-0.15, -0.1) is 0 Å². The molecule has 5 nitrogen and oxygen atoms in total.